The largest absolute Gasteiger partial charge is 0.508 e. The lowest BCUT2D eigenvalue weighted by Crippen LogP contribution is -2.04. The summed E-state index contributed by atoms with van der Waals surface area (Å²) in [6, 6.07) is 64.2. The molecule has 0 bridgehead atoms. The monoisotopic (exact) mass is 1370 g/mol. The molecule has 506 valence electrons. The maximum absolute atomic E-state index is 12.9. The van der Waals surface area contributed by atoms with Crippen molar-refractivity contribution < 1.29 is 57.0 Å². The van der Waals surface area contributed by atoms with Crippen LogP contribution >= 0.6 is 0 Å². The number of nitrogens with zero attached hydrogens (tertiary/aromatic N) is 20. The van der Waals surface area contributed by atoms with Crippen molar-refractivity contribution >= 4 is 0 Å². The number of halogens is 5. The molecule has 0 saturated heterocycles. The molecule has 10 aromatic carbocycles. The van der Waals surface area contributed by atoms with Gasteiger partial charge in [0.25, 0.3) is 0 Å². The fourth-order valence-electron chi connectivity index (χ4n) is 9.02. The van der Waals surface area contributed by atoms with Gasteiger partial charge in [0.2, 0.25) is 0 Å². The van der Waals surface area contributed by atoms with Crippen LogP contribution in [0.25, 0.3) is 62.6 Å². The number of aromatic nitrogens is 20. The minimum Gasteiger partial charge on any atom is -0.508 e. The van der Waals surface area contributed by atoms with Crippen molar-refractivity contribution in [2.75, 3.05) is 0 Å². The first kappa shape index (κ1) is 68.2. The van der Waals surface area contributed by atoms with E-state index in [4.69, 9.17) is 9.47 Å². The van der Waals surface area contributed by atoms with E-state index in [0.717, 1.165) is 41.1 Å². The van der Waals surface area contributed by atoms with E-state index in [0.29, 0.717) is 45.8 Å². The van der Waals surface area contributed by atoms with Gasteiger partial charge in [0.15, 0.2) is 17.5 Å². The summed E-state index contributed by atoms with van der Waals surface area (Å²) in [5.74, 6) is 2.59. The molecular weight excluding hydrogens is 1320 g/mol. The number of ether oxygens (including phenoxy) is 2. The Labute approximate surface area is 568 Å². The third-order valence-corrected chi connectivity index (χ3v) is 14.2. The molecule has 0 aliphatic carbocycles. The fraction of sp³-hybridized carbons (Fsp3) is 0.0580. The molecular formula is C69H53F5N20O7. The lowest BCUT2D eigenvalue weighted by Gasteiger charge is -2.08. The number of phenolic OH excluding ortho intramolecular Hbond substituents is 5. The Morgan fingerprint density at radius 2 is 0.594 bits per heavy atom. The smallest absolute Gasteiger partial charge is 0.416 e. The van der Waals surface area contributed by atoms with Gasteiger partial charge in [-0.1, -0.05) is 71.2 Å². The number of aryl methyl sites for hydroxylation is 2. The zero-order chi connectivity index (χ0) is 70.8. The molecule has 0 aliphatic rings. The molecule has 15 rings (SSSR count). The Kier molecular flexibility index (Phi) is 21.3. The SMILES string of the molecule is CCc1ccc(-c2nnnn2-c2ccc(O)cc2)cc1.Cc1ccc(-c2nnnn2-c2ccc(O)cc2)cc1.Oc1ccc(-n2nnnc2-c2ccc(F)cc2)cc1.Oc1ccc(-n2nnnc2Oc2ccc(C(F)(F)F)cc2)cc1.Oc1ccc(-n2nnnc2Oc2ccc(F)cc2)cc1. The van der Waals surface area contributed by atoms with Gasteiger partial charge in [-0.25, -0.2) is 8.78 Å². The minimum atomic E-state index is -4.41. The van der Waals surface area contributed by atoms with Crippen molar-refractivity contribution in [1.82, 2.24) is 101 Å². The van der Waals surface area contributed by atoms with Crippen molar-refractivity contribution in [1.29, 1.82) is 0 Å². The molecule has 0 amide bonds. The molecule has 0 fully saturated rings. The van der Waals surface area contributed by atoms with E-state index in [2.05, 4.69) is 96.7 Å². The van der Waals surface area contributed by atoms with E-state index in [1.165, 1.54) is 98.0 Å². The topological polar surface area (TPSA) is 338 Å². The predicted octanol–water partition coefficient (Wildman–Crippen LogP) is 12.6. The average Bonchev–Trinajstić information content (AvgIpc) is 1.39. The third kappa shape index (κ3) is 17.8. The number of hydrogen-bond acceptors (Lipinski definition) is 22. The van der Waals surface area contributed by atoms with Crippen LogP contribution in [0.5, 0.6) is 52.3 Å². The molecule has 5 N–H and O–H groups in total. The van der Waals surface area contributed by atoms with Crippen LogP contribution in [-0.2, 0) is 12.6 Å². The van der Waals surface area contributed by atoms with Crippen LogP contribution in [0.15, 0.2) is 243 Å². The third-order valence-electron chi connectivity index (χ3n) is 14.2. The van der Waals surface area contributed by atoms with E-state index in [1.807, 2.05) is 43.3 Å². The maximum Gasteiger partial charge on any atom is 0.416 e. The van der Waals surface area contributed by atoms with Crippen LogP contribution in [0.2, 0.25) is 0 Å². The van der Waals surface area contributed by atoms with Crippen LogP contribution in [0.3, 0.4) is 0 Å². The number of hydrogen-bond donors (Lipinski definition) is 5. The molecule has 0 atom stereocenters. The van der Waals surface area contributed by atoms with Crippen molar-refractivity contribution in [3.05, 3.63) is 271 Å². The molecule has 0 saturated carbocycles. The van der Waals surface area contributed by atoms with Gasteiger partial charge in [0, 0.05) is 16.7 Å². The van der Waals surface area contributed by atoms with Crippen molar-refractivity contribution in [3.8, 4) is 115 Å². The Morgan fingerprint density at radius 1 is 0.327 bits per heavy atom. The molecule has 5 aromatic heterocycles. The molecule has 0 radical (unpaired) electrons. The summed E-state index contributed by atoms with van der Waals surface area (Å²) in [5.41, 5.74) is 7.78. The highest BCUT2D eigenvalue weighted by Gasteiger charge is 2.30. The molecule has 15 aromatic rings. The standard InChI is InChI=1S/C15H14N4O.C14H9F3N4O2.C14H12N4O.C13H9FN4O2.C13H9FN4O/c1-2-11-3-5-12(6-4-11)15-16-17-18-19(15)13-7-9-14(20)10-8-13;15-14(16,17)9-1-7-12(8-2-9)23-13-18-19-20-21(13)10-3-5-11(22)6-4-10;1-10-2-4-11(5-3-10)14-15-16-17-18(14)12-6-8-13(19)9-7-12;14-9-1-7-12(8-2-9)20-13-15-16-17-18(13)10-3-5-11(19)6-4-10;14-10-3-1-9(2-4-10)13-15-16-17-18(13)11-5-7-12(19)8-6-11/h3-10,20H,2H2,1H3;1-8,22H;2-9,19H,1H3;1-8,19H;1-8,19H. The summed E-state index contributed by atoms with van der Waals surface area (Å²) in [4.78, 5) is 0. The van der Waals surface area contributed by atoms with Gasteiger partial charge in [0.1, 0.15) is 51.9 Å². The highest BCUT2D eigenvalue weighted by molar-refractivity contribution is 5.60. The van der Waals surface area contributed by atoms with Crippen LogP contribution in [-0.4, -0.2) is 127 Å². The van der Waals surface area contributed by atoms with E-state index in [-0.39, 0.29) is 58.2 Å². The number of rotatable bonds is 13. The number of benzene rings is 10. The summed E-state index contributed by atoms with van der Waals surface area (Å²) in [5, 5.41) is 103. The predicted molar refractivity (Wildman–Crippen MR) is 352 cm³/mol. The van der Waals surface area contributed by atoms with Gasteiger partial charge in [0.05, 0.1) is 34.0 Å². The second kappa shape index (κ2) is 31.6. The van der Waals surface area contributed by atoms with Crippen molar-refractivity contribution in [2.24, 2.45) is 0 Å². The second-order valence-electron chi connectivity index (χ2n) is 21.2. The fourth-order valence-corrected chi connectivity index (χ4v) is 9.02. The van der Waals surface area contributed by atoms with Crippen LogP contribution in [0.4, 0.5) is 22.0 Å². The van der Waals surface area contributed by atoms with Gasteiger partial charge in [-0.05, 0) is 265 Å². The highest BCUT2D eigenvalue weighted by atomic mass is 19.4. The number of tetrazole rings is 5. The Morgan fingerprint density at radius 3 is 0.911 bits per heavy atom. The molecule has 27 nitrogen and oxygen atoms in total. The van der Waals surface area contributed by atoms with E-state index in [9.17, 15) is 47.5 Å². The van der Waals surface area contributed by atoms with Gasteiger partial charge in [-0.3, -0.25) is 0 Å². The zero-order valence-electron chi connectivity index (χ0n) is 52.7. The van der Waals surface area contributed by atoms with Crippen molar-refractivity contribution in [2.45, 2.75) is 26.4 Å². The zero-order valence-corrected chi connectivity index (χ0v) is 52.7. The highest BCUT2D eigenvalue weighted by Crippen LogP contribution is 2.32. The quantitative estimate of drug-likeness (QED) is 0.0669. The lowest BCUT2D eigenvalue weighted by atomic mass is 10.1. The lowest BCUT2D eigenvalue weighted by molar-refractivity contribution is -0.137. The van der Waals surface area contributed by atoms with Gasteiger partial charge in [-0.2, -0.15) is 36.6 Å². The first-order valence-corrected chi connectivity index (χ1v) is 30.0. The molecule has 0 spiro atoms. The first-order valence-electron chi connectivity index (χ1n) is 30.0. The minimum absolute atomic E-state index is 0.0181. The summed E-state index contributed by atoms with van der Waals surface area (Å²) in [6.07, 6.45) is -3.41. The molecule has 5 heterocycles. The molecule has 32 heteroatoms. The number of phenols is 5. The molecule has 101 heavy (non-hydrogen) atoms. The number of aromatic hydroxyl groups is 5. The van der Waals surface area contributed by atoms with E-state index in [1.54, 1.807) is 119 Å². The second-order valence-corrected chi connectivity index (χ2v) is 21.2. The van der Waals surface area contributed by atoms with Crippen molar-refractivity contribution in [3.63, 3.8) is 0 Å². The normalized spacial score (nSPS) is 10.8. The maximum atomic E-state index is 12.9. The van der Waals surface area contributed by atoms with Gasteiger partial charge >= 0.3 is 18.2 Å². The average molecular weight is 1370 g/mol. The van der Waals surface area contributed by atoms with Crippen LogP contribution in [0.1, 0.15) is 23.6 Å². The summed E-state index contributed by atoms with van der Waals surface area (Å²) in [7, 11) is 0. The van der Waals surface area contributed by atoms with Gasteiger partial charge < -0.3 is 35.0 Å². The van der Waals surface area contributed by atoms with E-state index < -0.39 is 11.7 Å². The molecule has 0 aliphatic heterocycles. The van der Waals surface area contributed by atoms with Gasteiger partial charge in [-0.15, -0.1) is 15.3 Å². The summed E-state index contributed by atoms with van der Waals surface area (Å²) < 4.78 is 81.6. The molecule has 0 unspecified atom stereocenters. The van der Waals surface area contributed by atoms with Crippen LogP contribution in [0, 0.1) is 18.6 Å². The van der Waals surface area contributed by atoms with E-state index >= 15 is 0 Å². The Hall–Kier alpha value is -14.2. The Balaban J connectivity index is 0.000000127. The summed E-state index contributed by atoms with van der Waals surface area (Å²) in [6.45, 7) is 4.15. The van der Waals surface area contributed by atoms with Crippen LogP contribution < -0.4 is 9.47 Å². The first-order chi connectivity index (χ1) is 48.9. The Bertz CT molecular complexity index is 4840. The summed E-state index contributed by atoms with van der Waals surface area (Å²) >= 11 is 0. The number of alkyl halides is 3.